The van der Waals surface area contributed by atoms with Gasteiger partial charge in [0.1, 0.15) is 0 Å². The molecule has 0 aliphatic rings. The Balaban J connectivity index is 4.67. The highest BCUT2D eigenvalue weighted by Crippen LogP contribution is 2.12. The van der Waals surface area contributed by atoms with Crippen molar-refractivity contribution < 1.29 is 19.5 Å². The molecule has 7 heteroatoms. The van der Waals surface area contributed by atoms with Crippen molar-refractivity contribution in [2.24, 2.45) is 11.5 Å². The fourth-order valence-electron chi connectivity index (χ4n) is 2.92. The van der Waals surface area contributed by atoms with Gasteiger partial charge in [-0.15, -0.1) is 0 Å². The minimum absolute atomic E-state index is 0.0408. The highest BCUT2D eigenvalue weighted by Gasteiger charge is 2.34. The number of hydrogen-bond donors (Lipinski definition) is 3. The molecule has 0 aromatic heterocycles. The van der Waals surface area contributed by atoms with Crippen LogP contribution in [0, 0.1) is 0 Å². The van der Waals surface area contributed by atoms with E-state index < -0.39 is 23.7 Å². The van der Waals surface area contributed by atoms with E-state index in [1.165, 1.54) is 7.05 Å². The molecule has 0 saturated heterocycles. The quantitative estimate of drug-likeness (QED) is 0.299. The number of nitrogens with zero attached hydrogens (tertiary/aromatic N) is 1. The smallest absolute Gasteiger partial charge is 0.334 e. The summed E-state index contributed by atoms with van der Waals surface area (Å²) in [4.78, 5) is 37.3. The van der Waals surface area contributed by atoms with Crippen LogP contribution in [0.25, 0.3) is 0 Å². The maximum Gasteiger partial charge on any atom is 0.334 e. The summed E-state index contributed by atoms with van der Waals surface area (Å²) in [6.45, 7) is 4.16. The van der Waals surface area contributed by atoms with Crippen LogP contribution in [0.5, 0.6) is 0 Å². The minimum Gasteiger partial charge on any atom is -0.479 e. The fourth-order valence-corrected chi connectivity index (χ4v) is 2.92. The number of carboxylic acid groups (broad SMARTS) is 1. The van der Waals surface area contributed by atoms with Crippen LogP contribution in [0.15, 0.2) is 0 Å². The highest BCUT2D eigenvalue weighted by atomic mass is 16.4. The second kappa shape index (κ2) is 13.7. The zero-order valence-corrected chi connectivity index (χ0v) is 16.6. The lowest BCUT2D eigenvalue weighted by atomic mass is 9.99. The molecule has 0 heterocycles. The molecule has 5 N–H and O–H groups in total. The SMILES string of the molecule is CCCCCC(N)CC(=O)[C@@H](C(=O)O)N(C)C(=O)C[C@@H](N)CCCCC. The van der Waals surface area contributed by atoms with E-state index >= 15 is 0 Å². The summed E-state index contributed by atoms with van der Waals surface area (Å²) in [7, 11) is 1.35. The third-order valence-corrected chi connectivity index (χ3v) is 4.58. The molecule has 152 valence electrons. The van der Waals surface area contributed by atoms with Gasteiger partial charge in [-0.05, 0) is 12.8 Å². The molecule has 0 bridgehead atoms. The molecule has 0 aliphatic carbocycles. The van der Waals surface area contributed by atoms with Crippen LogP contribution in [0.4, 0.5) is 0 Å². The minimum atomic E-state index is -1.50. The van der Waals surface area contributed by atoms with Gasteiger partial charge >= 0.3 is 5.97 Å². The molecule has 1 unspecified atom stereocenters. The zero-order chi connectivity index (χ0) is 20.1. The summed E-state index contributed by atoms with van der Waals surface area (Å²) in [6.07, 6.45) is 7.41. The van der Waals surface area contributed by atoms with E-state index in [0.717, 1.165) is 43.4 Å². The normalized spacial score (nSPS) is 14.5. The molecule has 7 nitrogen and oxygen atoms in total. The maximum atomic E-state index is 12.4. The van der Waals surface area contributed by atoms with Gasteiger partial charge in [-0.3, -0.25) is 9.59 Å². The van der Waals surface area contributed by atoms with Crippen LogP contribution < -0.4 is 11.5 Å². The predicted octanol–water partition coefficient (Wildman–Crippen LogP) is 2.06. The molecule has 0 aromatic rings. The summed E-state index contributed by atoms with van der Waals surface area (Å²) in [5, 5.41) is 9.41. The molecule has 26 heavy (non-hydrogen) atoms. The first-order chi connectivity index (χ1) is 12.2. The molecular weight excluding hydrogens is 334 g/mol. The van der Waals surface area contributed by atoms with Gasteiger partial charge in [0, 0.05) is 32.0 Å². The topological polar surface area (TPSA) is 127 Å². The summed E-state index contributed by atoms with van der Waals surface area (Å²) in [6, 6.07) is -2.20. The Hall–Kier alpha value is -1.47. The number of carbonyl (C=O) groups is 3. The highest BCUT2D eigenvalue weighted by molar-refractivity contribution is 6.05. The third-order valence-electron chi connectivity index (χ3n) is 4.58. The van der Waals surface area contributed by atoms with Gasteiger partial charge in [0.15, 0.2) is 11.8 Å². The number of rotatable bonds is 15. The zero-order valence-electron chi connectivity index (χ0n) is 16.6. The summed E-state index contributed by atoms with van der Waals surface area (Å²) in [5.41, 5.74) is 11.9. The number of Topliss-reactive ketones (excluding diaryl/α,β-unsaturated/α-hetero) is 1. The van der Waals surface area contributed by atoms with Crippen molar-refractivity contribution >= 4 is 17.7 Å². The lowest BCUT2D eigenvalue weighted by molar-refractivity contribution is -0.153. The van der Waals surface area contributed by atoms with Crippen LogP contribution in [0.2, 0.25) is 0 Å². The van der Waals surface area contributed by atoms with Crippen molar-refractivity contribution in [3.05, 3.63) is 0 Å². The largest absolute Gasteiger partial charge is 0.479 e. The molecular formula is C19H37N3O4. The molecule has 3 atom stereocenters. The number of unbranched alkanes of at least 4 members (excludes halogenated alkanes) is 4. The average Bonchev–Trinajstić information content (AvgIpc) is 2.54. The van der Waals surface area contributed by atoms with E-state index in [9.17, 15) is 19.5 Å². The lowest BCUT2D eigenvalue weighted by Gasteiger charge is -2.26. The van der Waals surface area contributed by atoms with Crippen LogP contribution in [-0.2, 0) is 14.4 Å². The van der Waals surface area contributed by atoms with E-state index in [1.54, 1.807) is 0 Å². The Kier molecular flexibility index (Phi) is 12.9. The Labute approximate surface area is 157 Å². The first-order valence-corrected chi connectivity index (χ1v) is 9.76. The third kappa shape index (κ3) is 9.87. The van der Waals surface area contributed by atoms with Gasteiger partial charge in [-0.2, -0.15) is 0 Å². The maximum absolute atomic E-state index is 12.4. The van der Waals surface area contributed by atoms with Crippen molar-refractivity contribution in [2.45, 2.75) is 96.2 Å². The number of likely N-dealkylation sites (N-methyl/N-ethyl adjacent to an activating group) is 1. The number of hydrogen-bond acceptors (Lipinski definition) is 5. The predicted molar refractivity (Wildman–Crippen MR) is 103 cm³/mol. The number of carboxylic acids is 1. The molecule has 0 spiro atoms. The molecule has 0 radical (unpaired) electrons. The fraction of sp³-hybridized carbons (Fsp3) is 0.842. The van der Waals surface area contributed by atoms with E-state index in [-0.39, 0.29) is 24.9 Å². The Morgan fingerprint density at radius 3 is 1.77 bits per heavy atom. The van der Waals surface area contributed by atoms with E-state index in [4.69, 9.17) is 11.5 Å². The second-order valence-corrected chi connectivity index (χ2v) is 7.13. The van der Waals surface area contributed by atoms with Crippen molar-refractivity contribution in [1.82, 2.24) is 4.90 Å². The summed E-state index contributed by atoms with van der Waals surface area (Å²) < 4.78 is 0. The van der Waals surface area contributed by atoms with E-state index in [1.807, 2.05) is 0 Å². The van der Waals surface area contributed by atoms with Gasteiger partial charge in [0.2, 0.25) is 5.91 Å². The molecule has 1 amide bonds. The molecule has 0 aliphatic heterocycles. The van der Waals surface area contributed by atoms with Crippen molar-refractivity contribution in [3.63, 3.8) is 0 Å². The Morgan fingerprint density at radius 2 is 1.35 bits per heavy atom. The number of amides is 1. The lowest BCUT2D eigenvalue weighted by Crippen LogP contribution is -2.50. The number of aliphatic carboxylic acids is 1. The van der Waals surface area contributed by atoms with Crippen LogP contribution in [0.1, 0.15) is 78.1 Å². The number of carbonyl (C=O) groups excluding carboxylic acids is 2. The second-order valence-electron chi connectivity index (χ2n) is 7.13. The van der Waals surface area contributed by atoms with Crippen LogP contribution >= 0.6 is 0 Å². The Bertz CT molecular complexity index is 443. The van der Waals surface area contributed by atoms with Gasteiger partial charge < -0.3 is 21.5 Å². The molecule has 0 fully saturated rings. The summed E-state index contributed by atoms with van der Waals surface area (Å²) in [5.74, 6) is -2.28. The van der Waals surface area contributed by atoms with Gasteiger partial charge in [-0.25, -0.2) is 4.79 Å². The van der Waals surface area contributed by atoms with Gasteiger partial charge in [0.25, 0.3) is 0 Å². The number of nitrogens with two attached hydrogens (primary N) is 2. The first kappa shape index (κ1) is 24.5. The van der Waals surface area contributed by atoms with Crippen molar-refractivity contribution in [2.75, 3.05) is 7.05 Å². The molecule has 0 saturated carbocycles. The average molecular weight is 372 g/mol. The van der Waals surface area contributed by atoms with Gasteiger partial charge in [-0.1, -0.05) is 52.4 Å². The number of ketones is 1. The summed E-state index contributed by atoms with van der Waals surface area (Å²) >= 11 is 0. The molecule has 0 rings (SSSR count). The Morgan fingerprint density at radius 1 is 0.885 bits per heavy atom. The first-order valence-electron chi connectivity index (χ1n) is 9.76. The standard InChI is InChI=1S/C19H37N3O4/c1-4-6-8-10-14(20)12-16(23)18(19(25)26)22(3)17(24)13-15(21)11-9-7-5-2/h14-15,18H,4-13,20-21H2,1-3H3,(H,25,26)/t14?,15-,18-/m0/s1. The van der Waals surface area contributed by atoms with E-state index in [0.29, 0.717) is 12.8 Å². The molecule has 0 aromatic carbocycles. The van der Waals surface area contributed by atoms with Crippen LogP contribution in [0.3, 0.4) is 0 Å². The van der Waals surface area contributed by atoms with Crippen molar-refractivity contribution in [1.29, 1.82) is 0 Å². The van der Waals surface area contributed by atoms with Crippen molar-refractivity contribution in [3.8, 4) is 0 Å². The van der Waals surface area contributed by atoms with E-state index in [2.05, 4.69) is 13.8 Å². The van der Waals surface area contributed by atoms with Gasteiger partial charge in [0.05, 0.1) is 0 Å². The monoisotopic (exact) mass is 371 g/mol. The van der Waals surface area contributed by atoms with Crippen LogP contribution in [-0.4, -0.2) is 52.8 Å².